The predicted molar refractivity (Wildman–Crippen MR) is 93.2 cm³/mol. The molecule has 5 heteroatoms. The number of ketones is 1. The average molecular weight is 326 g/mol. The minimum atomic E-state index is -0.110. The molecule has 1 aromatic heterocycles. The number of H-pyrrole nitrogens is 1. The first-order chi connectivity index (χ1) is 11.1. The number of halogens is 1. The fourth-order valence-corrected chi connectivity index (χ4v) is 2.41. The topological polar surface area (TPSA) is 49.0 Å². The van der Waals surface area contributed by atoms with Gasteiger partial charge in [0.2, 0.25) is 11.7 Å². The largest absolute Gasteiger partial charge is 0.349 e. The van der Waals surface area contributed by atoms with Crippen LogP contribution in [-0.4, -0.2) is 29.8 Å². The van der Waals surface area contributed by atoms with Gasteiger partial charge in [0.05, 0.1) is 0 Å². The molecule has 0 atom stereocenters. The van der Waals surface area contributed by atoms with Crippen LogP contribution in [0.1, 0.15) is 16.1 Å². The number of imidazole rings is 1. The van der Waals surface area contributed by atoms with Crippen LogP contribution in [0, 0.1) is 0 Å². The van der Waals surface area contributed by atoms with Crippen LogP contribution in [0.4, 0.5) is 5.95 Å². The summed E-state index contributed by atoms with van der Waals surface area (Å²) in [6, 6.07) is 16.5. The van der Waals surface area contributed by atoms with Gasteiger partial charge in [-0.25, -0.2) is 4.98 Å². The van der Waals surface area contributed by atoms with Crippen molar-refractivity contribution < 1.29 is 4.79 Å². The summed E-state index contributed by atoms with van der Waals surface area (Å²) in [6.07, 6.45) is 0. The van der Waals surface area contributed by atoms with E-state index in [9.17, 15) is 4.79 Å². The van der Waals surface area contributed by atoms with Crippen molar-refractivity contribution in [2.45, 2.75) is 0 Å². The molecule has 0 aliphatic rings. The number of carbonyl (C=O) groups is 1. The molecule has 1 N–H and O–H groups in total. The summed E-state index contributed by atoms with van der Waals surface area (Å²) >= 11 is 5.90. The summed E-state index contributed by atoms with van der Waals surface area (Å²) in [4.78, 5) is 22.4. The number of benzene rings is 2. The summed E-state index contributed by atoms with van der Waals surface area (Å²) < 4.78 is 0. The summed E-state index contributed by atoms with van der Waals surface area (Å²) in [7, 11) is 3.76. The van der Waals surface area contributed by atoms with E-state index in [0.29, 0.717) is 27.9 Å². The Balaban J connectivity index is 2.10. The number of hydrogen-bond donors (Lipinski definition) is 1. The first-order valence-corrected chi connectivity index (χ1v) is 7.57. The van der Waals surface area contributed by atoms with Crippen molar-refractivity contribution >= 4 is 23.3 Å². The zero-order chi connectivity index (χ0) is 16.4. The second-order valence-electron chi connectivity index (χ2n) is 5.38. The highest BCUT2D eigenvalue weighted by molar-refractivity contribution is 6.30. The Morgan fingerprint density at radius 2 is 1.70 bits per heavy atom. The minimum absolute atomic E-state index is 0.110. The Bertz CT molecular complexity index is 823. The van der Waals surface area contributed by atoms with Crippen LogP contribution in [0.25, 0.3) is 11.3 Å². The molecule has 1 heterocycles. The van der Waals surface area contributed by atoms with E-state index in [4.69, 9.17) is 11.6 Å². The molecular weight excluding hydrogens is 310 g/mol. The van der Waals surface area contributed by atoms with Gasteiger partial charge in [0.15, 0.2) is 0 Å². The zero-order valence-corrected chi connectivity index (χ0v) is 13.6. The van der Waals surface area contributed by atoms with E-state index >= 15 is 0 Å². The molecule has 4 nitrogen and oxygen atoms in total. The SMILES string of the molecule is CN(C)c1nc(-c2ccccc2)c(C(=O)c2ccc(Cl)cc2)[nH]1. The van der Waals surface area contributed by atoms with Crippen LogP contribution in [0.15, 0.2) is 54.6 Å². The van der Waals surface area contributed by atoms with Gasteiger partial charge in [-0.2, -0.15) is 0 Å². The lowest BCUT2D eigenvalue weighted by atomic mass is 10.0. The van der Waals surface area contributed by atoms with E-state index in [1.54, 1.807) is 24.3 Å². The zero-order valence-electron chi connectivity index (χ0n) is 12.9. The van der Waals surface area contributed by atoms with Crippen LogP contribution in [-0.2, 0) is 0 Å². The van der Waals surface area contributed by atoms with Crippen molar-refractivity contribution in [1.29, 1.82) is 0 Å². The normalized spacial score (nSPS) is 10.6. The number of hydrogen-bond acceptors (Lipinski definition) is 3. The number of carbonyl (C=O) groups excluding carboxylic acids is 1. The smallest absolute Gasteiger partial charge is 0.211 e. The van der Waals surface area contributed by atoms with E-state index in [1.807, 2.05) is 49.3 Å². The molecule has 0 saturated carbocycles. The molecule has 0 aliphatic carbocycles. The van der Waals surface area contributed by atoms with E-state index < -0.39 is 0 Å². The Kier molecular flexibility index (Phi) is 4.17. The van der Waals surface area contributed by atoms with E-state index in [2.05, 4.69) is 9.97 Å². The monoisotopic (exact) mass is 325 g/mol. The number of nitrogens with one attached hydrogen (secondary N) is 1. The molecule has 0 radical (unpaired) electrons. The van der Waals surface area contributed by atoms with Crippen molar-refractivity contribution in [3.05, 3.63) is 70.9 Å². The summed E-state index contributed by atoms with van der Waals surface area (Å²) in [5.41, 5.74) is 2.59. The maximum absolute atomic E-state index is 12.9. The molecule has 116 valence electrons. The minimum Gasteiger partial charge on any atom is -0.349 e. The molecule has 0 bridgehead atoms. The molecule has 3 aromatic rings. The van der Waals surface area contributed by atoms with E-state index in [-0.39, 0.29) is 5.78 Å². The van der Waals surface area contributed by atoms with Gasteiger partial charge in [0, 0.05) is 30.2 Å². The summed E-state index contributed by atoms with van der Waals surface area (Å²) in [5, 5.41) is 0.600. The number of aromatic amines is 1. The molecular formula is C18H16ClN3O. The van der Waals surface area contributed by atoms with Gasteiger partial charge in [-0.05, 0) is 24.3 Å². The van der Waals surface area contributed by atoms with Gasteiger partial charge in [-0.3, -0.25) is 4.79 Å². The van der Waals surface area contributed by atoms with Gasteiger partial charge in [0.25, 0.3) is 0 Å². The predicted octanol–water partition coefficient (Wildman–Crippen LogP) is 4.03. The Labute approximate surface area is 139 Å². The van der Waals surface area contributed by atoms with Gasteiger partial charge >= 0.3 is 0 Å². The lowest BCUT2D eigenvalue weighted by molar-refractivity contribution is 0.103. The van der Waals surface area contributed by atoms with E-state index in [1.165, 1.54) is 0 Å². The standard InChI is InChI=1S/C18H16ClN3O/c1-22(2)18-20-15(12-6-4-3-5-7-12)16(21-18)17(23)13-8-10-14(19)11-9-13/h3-11H,1-2H3,(H,20,21). The van der Waals surface area contributed by atoms with E-state index in [0.717, 1.165) is 5.56 Å². The second kappa shape index (κ2) is 6.26. The third-order valence-corrected chi connectivity index (χ3v) is 3.75. The highest BCUT2D eigenvalue weighted by atomic mass is 35.5. The van der Waals surface area contributed by atoms with Crippen molar-refractivity contribution in [3.8, 4) is 11.3 Å². The third-order valence-electron chi connectivity index (χ3n) is 3.50. The first-order valence-electron chi connectivity index (χ1n) is 7.19. The third kappa shape index (κ3) is 3.12. The van der Waals surface area contributed by atoms with Crippen molar-refractivity contribution in [2.75, 3.05) is 19.0 Å². The second-order valence-corrected chi connectivity index (χ2v) is 5.82. The number of anilines is 1. The molecule has 23 heavy (non-hydrogen) atoms. The van der Waals surface area contributed by atoms with Crippen molar-refractivity contribution in [2.24, 2.45) is 0 Å². The molecule has 0 saturated heterocycles. The molecule has 0 aliphatic heterocycles. The van der Waals surface area contributed by atoms with Crippen LogP contribution < -0.4 is 4.90 Å². The number of nitrogens with zero attached hydrogens (tertiary/aromatic N) is 2. The van der Waals surface area contributed by atoms with Gasteiger partial charge in [-0.15, -0.1) is 0 Å². The van der Waals surface area contributed by atoms with Crippen LogP contribution in [0.3, 0.4) is 0 Å². The summed E-state index contributed by atoms with van der Waals surface area (Å²) in [6.45, 7) is 0. The first kappa shape index (κ1) is 15.3. The fourth-order valence-electron chi connectivity index (χ4n) is 2.29. The quantitative estimate of drug-likeness (QED) is 0.737. The van der Waals surface area contributed by atoms with Gasteiger partial charge in [0.1, 0.15) is 11.4 Å². The molecule has 0 amide bonds. The number of rotatable bonds is 4. The highest BCUT2D eigenvalue weighted by Gasteiger charge is 2.20. The summed E-state index contributed by atoms with van der Waals surface area (Å²) in [5.74, 6) is 0.530. The Hall–Kier alpha value is -2.59. The average Bonchev–Trinajstić information content (AvgIpc) is 3.01. The van der Waals surface area contributed by atoms with Crippen LogP contribution in [0.2, 0.25) is 5.02 Å². The van der Waals surface area contributed by atoms with Crippen LogP contribution >= 0.6 is 11.6 Å². The molecule has 0 unspecified atom stereocenters. The maximum Gasteiger partial charge on any atom is 0.211 e. The van der Waals surface area contributed by atoms with Crippen LogP contribution in [0.5, 0.6) is 0 Å². The molecule has 3 rings (SSSR count). The van der Waals surface area contributed by atoms with Gasteiger partial charge in [-0.1, -0.05) is 41.9 Å². The highest BCUT2D eigenvalue weighted by Crippen LogP contribution is 2.26. The Morgan fingerprint density at radius 3 is 2.30 bits per heavy atom. The lowest BCUT2D eigenvalue weighted by Crippen LogP contribution is -2.10. The molecule has 0 spiro atoms. The molecule has 2 aromatic carbocycles. The fraction of sp³-hybridized carbons (Fsp3) is 0.111. The lowest BCUT2D eigenvalue weighted by Gasteiger charge is -2.06. The van der Waals surface area contributed by atoms with Gasteiger partial charge < -0.3 is 9.88 Å². The van der Waals surface area contributed by atoms with Crippen molar-refractivity contribution in [1.82, 2.24) is 9.97 Å². The van der Waals surface area contributed by atoms with Crippen molar-refractivity contribution in [3.63, 3.8) is 0 Å². The number of aromatic nitrogens is 2. The Morgan fingerprint density at radius 1 is 1.04 bits per heavy atom. The maximum atomic E-state index is 12.9. The molecule has 0 fully saturated rings.